The van der Waals surface area contributed by atoms with Crippen LogP contribution < -0.4 is 0 Å². The van der Waals surface area contributed by atoms with Crippen LogP contribution in [0, 0.1) is 5.92 Å². The lowest BCUT2D eigenvalue weighted by Crippen LogP contribution is -2.36. The van der Waals surface area contributed by atoms with Gasteiger partial charge in [0, 0.05) is 24.1 Å². The number of fused-ring (bicyclic) bond motifs is 1. The highest BCUT2D eigenvalue weighted by molar-refractivity contribution is 14.1. The molecule has 0 bridgehead atoms. The molecule has 2 aliphatic carbocycles. The summed E-state index contributed by atoms with van der Waals surface area (Å²) in [6.07, 6.45) is 7.02. The Morgan fingerprint density at radius 2 is 1.58 bits per heavy atom. The Hall–Kier alpha value is 3.60. The maximum absolute atomic E-state index is 2.78. The highest BCUT2D eigenvalue weighted by atomic mass is 127. The normalized spacial score (nSPS) is 38.6. The molecule has 0 nitrogen and oxygen atoms in total. The van der Waals surface area contributed by atoms with E-state index in [1.54, 1.807) is 11.1 Å². The molecule has 1 aromatic carbocycles. The van der Waals surface area contributed by atoms with Crippen LogP contribution in [0.4, 0.5) is 0 Å². The van der Waals surface area contributed by atoms with E-state index in [2.05, 4.69) is 160 Å². The molecule has 0 spiro atoms. The van der Waals surface area contributed by atoms with Gasteiger partial charge in [-0.25, -0.2) is 0 Å². The van der Waals surface area contributed by atoms with Crippen molar-refractivity contribution in [1.82, 2.24) is 0 Å². The number of alkyl halides is 6. The quantitative estimate of drug-likeness (QED) is 0.205. The monoisotopic (exact) mass is 1030 g/mol. The van der Waals surface area contributed by atoms with Gasteiger partial charge in [0.2, 0.25) is 0 Å². The van der Waals surface area contributed by atoms with Gasteiger partial charge in [-0.3, -0.25) is 0 Å². The average molecular weight is 1030 g/mol. The molecule has 0 amide bonds. The lowest BCUT2D eigenvalue weighted by molar-refractivity contribution is 0.354. The van der Waals surface area contributed by atoms with Gasteiger partial charge in [-0.2, -0.15) is 0 Å². The number of hydrogen-bond acceptors (Lipinski definition) is 0. The number of halogens is 6. The van der Waals surface area contributed by atoms with Crippen molar-refractivity contribution in [3.8, 4) is 0 Å². The third-order valence-electron chi connectivity index (χ3n) is 6.06. The maximum atomic E-state index is 2.78. The fourth-order valence-corrected chi connectivity index (χ4v) is 10.9. The van der Waals surface area contributed by atoms with Gasteiger partial charge in [0.25, 0.3) is 0 Å². The van der Waals surface area contributed by atoms with Gasteiger partial charge in [0.15, 0.2) is 0 Å². The summed E-state index contributed by atoms with van der Waals surface area (Å²) in [6, 6.07) is 9.40. The molecule has 1 fully saturated rings. The van der Waals surface area contributed by atoms with E-state index >= 15 is 0 Å². The molecule has 0 aromatic heterocycles. The molecule has 8 atom stereocenters. The molecule has 0 radical (unpaired) electrons. The summed E-state index contributed by atoms with van der Waals surface area (Å²) in [5.41, 5.74) is 3.34. The van der Waals surface area contributed by atoms with Crippen LogP contribution in [-0.4, -0.2) is 24.1 Å². The lowest BCUT2D eigenvalue weighted by Gasteiger charge is -2.39. The molecule has 8 unspecified atom stereocenters. The van der Waals surface area contributed by atoms with Crippen LogP contribution in [0.3, 0.4) is 0 Å². The van der Waals surface area contributed by atoms with Crippen LogP contribution in [0.2, 0.25) is 0 Å². The molecule has 146 valence electrons. The topological polar surface area (TPSA) is 0 Å². The van der Waals surface area contributed by atoms with Crippen molar-refractivity contribution in [2.75, 3.05) is 4.43 Å². The largest absolute Gasteiger partial charge is 0.0852 e. The van der Waals surface area contributed by atoms with Crippen LogP contribution in [-0.2, 0) is 0 Å². The summed E-state index contributed by atoms with van der Waals surface area (Å²) in [7, 11) is 0. The summed E-state index contributed by atoms with van der Waals surface area (Å²) in [4.78, 5) is 0. The summed E-state index contributed by atoms with van der Waals surface area (Å²) in [5.74, 6) is 2.42. The summed E-state index contributed by atoms with van der Waals surface area (Å²) >= 11 is 16.2. The zero-order valence-electron chi connectivity index (χ0n) is 14.4. The summed E-state index contributed by atoms with van der Waals surface area (Å²) < 4.78 is 5.35. The van der Waals surface area contributed by atoms with Gasteiger partial charge in [-0.1, -0.05) is 160 Å². The minimum absolute atomic E-state index is 0.743. The van der Waals surface area contributed by atoms with Gasteiger partial charge in [0.1, 0.15) is 0 Å². The van der Waals surface area contributed by atoms with Crippen molar-refractivity contribution < 1.29 is 0 Å². The standard InChI is InChI=1S/C20H24I6/c21-10-18(24)15-9-17(23)14(12-3-1-2-4-13(12)15)7-5-11-6-8-16(22)20(26)19(11)25/h1-4,11,14-20H,5-10H2. The van der Waals surface area contributed by atoms with E-state index in [-0.39, 0.29) is 0 Å². The molecule has 3 rings (SSSR count). The van der Waals surface area contributed by atoms with E-state index in [9.17, 15) is 0 Å². The molecule has 0 aliphatic heterocycles. The van der Waals surface area contributed by atoms with Crippen molar-refractivity contribution >= 4 is 136 Å². The van der Waals surface area contributed by atoms with E-state index in [0.29, 0.717) is 0 Å². The van der Waals surface area contributed by atoms with Gasteiger partial charge < -0.3 is 0 Å². The second-order valence-corrected chi connectivity index (χ2v) is 16.1. The first kappa shape index (κ1) is 24.2. The van der Waals surface area contributed by atoms with Crippen LogP contribution in [0.5, 0.6) is 0 Å². The lowest BCUT2D eigenvalue weighted by atomic mass is 9.73. The first-order valence-corrected chi connectivity index (χ1v) is 17.0. The molecule has 26 heavy (non-hydrogen) atoms. The Morgan fingerprint density at radius 1 is 0.885 bits per heavy atom. The van der Waals surface area contributed by atoms with E-state index in [0.717, 1.165) is 37.4 Å². The van der Waals surface area contributed by atoms with Crippen LogP contribution in [0.15, 0.2) is 24.3 Å². The Kier molecular flexibility index (Phi) is 10.7. The minimum atomic E-state index is 0.743. The van der Waals surface area contributed by atoms with Gasteiger partial charge in [0.05, 0.1) is 0 Å². The second kappa shape index (κ2) is 11.5. The average Bonchev–Trinajstić information content (AvgIpc) is 2.65. The molecule has 1 saturated carbocycles. The SMILES string of the molecule is ICC(I)C1CC(I)C(CCC2CCC(I)C(I)C2I)c2ccccc21. The van der Waals surface area contributed by atoms with Crippen molar-refractivity contribution in [3.63, 3.8) is 0 Å². The molecule has 0 N–H and O–H groups in total. The number of hydrogen-bond donors (Lipinski definition) is 0. The van der Waals surface area contributed by atoms with Crippen molar-refractivity contribution in [1.29, 1.82) is 0 Å². The van der Waals surface area contributed by atoms with Crippen molar-refractivity contribution in [2.45, 2.75) is 63.6 Å². The maximum Gasteiger partial charge on any atom is 0.0348 e. The zero-order chi connectivity index (χ0) is 18.8. The number of rotatable bonds is 5. The molecule has 1 aromatic rings. The predicted molar refractivity (Wildman–Crippen MR) is 166 cm³/mol. The third-order valence-corrected chi connectivity index (χ3v) is 19.0. The van der Waals surface area contributed by atoms with Crippen LogP contribution in [0.25, 0.3) is 0 Å². The van der Waals surface area contributed by atoms with E-state index in [1.807, 2.05) is 0 Å². The zero-order valence-corrected chi connectivity index (χ0v) is 27.4. The molecule has 0 heterocycles. The molecule has 0 saturated heterocycles. The Morgan fingerprint density at radius 3 is 2.27 bits per heavy atom. The summed E-state index contributed by atoms with van der Waals surface area (Å²) in [6.45, 7) is 0. The fraction of sp³-hybridized carbons (Fsp3) is 0.700. The van der Waals surface area contributed by atoms with E-state index < -0.39 is 0 Å². The molecule has 6 heteroatoms. The van der Waals surface area contributed by atoms with Gasteiger partial charge in [-0.15, -0.1) is 0 Å². The first-order valence-electron chi connectivity index (χ1n) is 9.29. The second-order valence-electron chi connectivity index (χ2n) is 7.58. The van der Waals surface area contributed by atoms with Crippen LogP contribution in [0.1, 0.15) is 55.1 Å². The smallest absolute Gasteiger partial charge is 0.0348 e. The van der Waals surface area contributed by atoms with Gasteiger partial charge >= 0.3 is 0 Å². The highest BCUT2D eigenvalue weighted by Gasteiger charge is 2.38. The minimum Gasteiger partial charge on any atom is -0.0852 e. The number of benzene rings is 1. The Labute approximate surface area is 240 Å². The van der Waals surface area contributed by atoms with Crippen LogP contribution >= 0.6 is 136 Å². The predicted octanol–water partition coefficient (Wildman–Crippen LogP) is 8.90. The molecule has 2 aliphatic rings. The fourth-order valence-electron chi connectivity index (χ4n) is 4.55. The van der Waals surface area contributed by atoms with E-state index in [4.69, 9.17) is 0 Å². The highest BCUT2D eigenvalue weighted by Crippen LogP contribution is 2.49. The Balaban J connectivity index is 1.73. The van der Waals surface area contributed by atoms with Gasteiger partial charge in [-0.05, 0) is 61.0 Å². The summed E-state index contributed by atoms with van der Waals surface area (Å²) in [5, 5.41) is 0. The molecular formula is C20H24I6. The third kappa shape index (κ3) is 5.69. The Bertz CT molecular complexity index is 593. The van der Waals surface area contributed by atoms with E-state index in [1.165, 1.54) is 36.5 Å². The first-order chi connectivity index (χ1) is 12.4. The molecular weight excluding hydrogens is 1000 g/mol. The van der Waals surface area contributed by atoms with Crippen molar-refractivity contribution in [2.24, 2.45) is 5.92 Å². The van der Waals surface area contributed by atoms with Crippen molar-refractivity contribution in [3.05, 3.63) is 35.4 Å².